The number of hydrogen-bond donors (Lipinski definition) is 1. The summed E-state index contributed by atoms with van der Waals surface area (Å²) >= 11 is 0. The molecule has 0 radical (unpaired) electrons. The number of nitrogens with two attached hydrogens (primary N) is 1. The third-order valence-corrected chi connectivity index (χ3v) is 0.709. The molecule has 2 heteroatoms. The fraction of sp³-hybridized carbons (Fsp3) is 0.429. The van der Waals surface area contributed by atoms with Gasteiger partial charge in [-0.25, -0.2) is 4.99 Å². The van der Waals surface area contributed by atoms with Crippen LogP contribution in [0, 0.1) is 0 Å². The van der Waals surface area contributed by atoms with Gasteiger partial charge in [0.1, 0.15) is 0 Å². The first-order valence-corrected chi connectivity index (χ1v) is 3.04. The zero-order chi connectivity index (χ0) is 6.95. The van der Waals surface area contributed by atoms with E-state index in [4.69, 9.17) is 5.73 Å². The summed E-state index contributed by atoms with van der Waals surface area (Å²) in [4.78, 5) is 3.92. The number of nitrogens with zero attached hydrogens (tertiary/aromatic N) is 1. The average Bonchev–Trinajstić information content (AvgIpc) is 1.89. The van der Waals surface area contributed by atoms with Crippen LogP contribution in [0.5, 0.6) is 0 Å². The number of rotatable bonds is 3. The van der Waals surface area contributed by atoms with E-state index in [-0.39, 0.29) is 0 Å². The second-order valence-corrected chi connectivity index (χ2v) is 1.56. The molecule has 0 spiro atoms. The van der Waals surface area contributed by atoms with Crippen molar-refractivity contribution in [1.82, 2.24) is 0 Å². The molecule has 0 fully saturated rings. The minimum Gasteiger partial charge on any atom is -0.405 e. The molecule has 0 bridgehead atoms. The summed E-state index contributed by atoms with van der Waals surface area (Å²) in [5.74, 6) is 2.72. The predicted molar refractivity (Wildman–Crippen MR) is 40.5 cm³/mol. The second-order valence-electron chi connectivity index (χ2n) is 1.56. The van der Waals surface area contributed by atoms with Gasteiger partial charge in [0, 0.05) is 12.6 Å². The molecule has 0 atom stereocenters. The largest absolute Gasteiger partial charge is 0.405 e. The van der Waals surface area contributed by atoms with Gasteiger partial charge < -0.3 is 5.73 Å². The number of hydrogen-bond acceptors (Lipinski definition) is 2. The minimum absolute atomic E-state index is 0.842. The second kappa shape index (κ2) is 6.99. The summed E-state index contributed by atoms with van der Waals surface area (Å²) in [6, 6.07) is 0. The summed E-state index contributed by atoms with van der Waals surface area (Å²) in [5, 5.41) is 0. The molecule has 0 aromatic heterocycles. The van der Waals surface area contributed by atoms with Crippen molar-refractivity contribution in [3.8, 4) is 0 Å². The molecule has 0 aromatic carbocycles. The summed E-state index contributed by atoms with van der Waals surface area (Å²) in [6.45, 7) is 2.92. The quantitative estimate of drug-likeness (QED) is 0.444. The van der Waals surface area contributed by atoms with Gasteiger partial charge in [-0.2, -0.15) is 0 Å². The van der Waals surface area contributed by atoms with Gasteiger partial charge in [0.05, 0.1) is 0 Å². The average molecular weight is 124 g/mol. The zero-order valence-corrected chi connectivity index (χ0v) is 5.67. The third-order valence-electron chi connectivity index (χ3n) is 0.709. The van der Waals surface area contributed by atoms with Crippen LogP contribution in [0.25, 0.3) is 0 Å². The van der Waals surface area contributed by atoms with E-state index in [9.17, 15) is 0 Å². The molecule has 2 nitrogen and oxygen atoms in total. The molecule has 50 valence electrons. The van der Waals surface area contributed by atoms with Crippen LogP contribution in [0.2, 0.25) is 0 Å². The highest BCUT2D eigenvalue weighted by molar-refractivity contribution is 5.54. The molecule has 2 N–H and O–H groups in total. The van der Waals surface area contributed by atoms with Gasteiger partial charge >= 0.3 is 0 Å². The molecule has 0 saturated heterocycles. The van der Waals surface area contributed by atoms with Crippen molar-refractivity contribution < 1.29 is 0 Å². The maximum atomic E-state index is 5.05. The molecule has 0 rings (SSSR count). The van der Waals surface area contributed by atoms with Gasteiger partial charge in [-0.1, -0.05) is 6.92 Å². The Morgan fingerprint density at radius 2 is 2.44 bits per heavy atom. The van der Waals surface area contributed by atoms with Gasteiger partial charge in [-0.15, -0.1) is 0 Å². The van der Waals surface area contributed by atoms with Crippen LogP contribution in [0.3, 0.4) is 0 Å². The third kappa shape index (κ3) is 6.99. The van der Waals surface area contributed by atoms with E-state index in [1.165, 1.54) is 6.20 Å². The Kier molecular flexibility index (Phi) is 6.21. The van der Waals surface area contributed by atoms with Crippen LogP contribution in [0.15, 0.2) is 23.3 Å². The Labute approximate surface area is 55.8 Å². The summed E-state index contributed by atoms with van der Waals surface area (Å²) in [5.41, 5.74) is 5.05. The van der Waals surface area contributed by atoms with Gasteiger partial charge in [0.15, 0.2) is 0 Å². The standard InChI is InChI=1S/C7H12N2/c1-2-6-9-7-4-3-5-8/h3-5H,2,6,8H2,1H3/b5-3-. The number of allylic oxidation sites excluding steroid dienone is 2. The predicted octanol–water partition coefficient (Wildman–Crippen LogP) is 1.09. The lowest BCUT2D eigenvalue weighted by atomic mass is 10.5. The minimum atomic E-state index is 0.842. The van der Waals surface area contributed by atoms with E-state index in [2.05, 4.69) is 17.8 Å². The van der Waals surface area contributed by atoms with Crippen molar-refractivity contribution in [2.75, 3.05) is 6.54 Å². The van der Waals surface area contributed by atoms with Gasteiger partial charge in [0.2, 0.25) is 0 Å². The number of aliphatic imine (C=N–C) groups is 1. The van der Waals surface area contributed by atoms with E-state index in [0.717, 1.165) is 13.0 Å². The van der Waals surface area contributed by atoms with Crippen LogP contribution in [-0.4, -0.2) is 12.4 Å². The van der Waals surface area contributed by atoms with E-state index in [0.29, 0.717) is 0 Å². The van der Waals surface area contributed by atoms with Crippen molar-refractivity contribution in [2.45, 2.75) is 13.3 Å². The van der Waals surface area contributed by atoms with Crippen molar-refractivity contribution in [3.63, 3.8) is 0 Å². The molecule has 0 aliphatic heterocycles. The maximum Gasteiger partial charge on any atom is 0.0481 e. The van der Waals surface area contributed by atoms with Crippen molar-refractivity contribution in [1.29, 1.82) is 0 Å². The van der Waals surface area contributed by atoms with Crippen molar-refractivity contribution >= 4 is 5.87 Å². The van der Waals surface area contributed by atoms with Crippen LogP contribution >= 0.6 is 0 Å². The van der Waals surface area contributed by atoms with Crippen molar-refractivity contribution in [3.05, 3.63) is 18.4 Å². The van der Waals surface area contributed by atoms with Crippen LogP contribution in [0.4, 0.5) is 0 Å². The van der Waals surface area contributed by atoms with Gasteiger partial charge in [0.25, 0.3) is 0 Å². The summed E-state index contributed by atoms with van der Waals surface area (Å²) in [7, 11) is 0. The zero-order valence-electron chi connectivity index (χ0n) is 5.67. The highest BCUT2D eigenvalue weighted by Gasteiger charge is 1.66. The highest BCUT2D eigenvalue weighted by Crippen LogP contribution is 1.73. The van der Waals surface area contributed by atoms with Crippen LogP contribution in [-0.2, 0) is 0 Å². The topological polar surface area (TPSA) is 38.4 Å². The molecule has 0 aliphatic rings. The molecular formula is C7H12N2. The van der Waals surface area contributed by atoms with Crippen molar-refractivity contribution in [2.24, 2.45) is 10.7 Å². The summed E-state index contributed by atoms with van der Waals surface area (Å²) < 4.78 is 0. The normalized spacial score (nSPS) is 9.00. The molecule has 0 saturated carbocycles. The SMILES string of the molecule is CCCN=C=C/C=C\N. The lowest BCUT2D eigenvalue weighted by molar-refractivity contribution is 0.939. The van der Waals surface area contributed by atoms with Crippen LogP contribution < -0.4 is 5.73 Å². The molecule has 0 aromatic rings. The monoisotopic (exact) mass is 124 g/mol. The smallest absolute Gasteiger partial charge is 0.0481 e. The lowest BCUT2D eigenvalue weighted by Crippen LogP contribution is -1.73. The Morgan fingerprint density at radius 3 is 3.00 bits per heavy atom. The molecule has 0 amide bonds. The first-order valence-electron chi connectivity index (χ1n) is 3.04. The van der Waals surface area contributed by atoms with Crippen LogP contribution in [0.1, 0.15) is 13.3 Å². The molecule has 0 aliphatic carbocycles. The fourth-order valence-corrected chi connectivity index (χ4v) is 0.328. The van der Waals surface area contributed by atoms with E-state index >= 15 is 0 Å². The Bertz CT molecular complexity index is 130. The van der Waals surface area contributed by atoms with E-state index < -0.39 is 0 Å². The highest BCUT2D eigenvalue weighted by atomic mass is 14.7. The Balaban J connectivity index is 3.41. The van der Waals surface area contributed by atoms with E-state index in [1.54, 1.807) is 12.2 Å². The fourth-order valence-electron chi connectivity index (χ4n) is 0.328. The first kappa shape index (κ1) is 7.99. The molecule has 0 heterocycles. The first-order chi connectivity index (χ1) is 4.41. The molecular weight excluding hydrogens is 112 g/mol. The van der Waals surface area contributed by atoms with Gasteiger partial charge in [-0.05, 0) is 24.6 Å². The maximum absolute atomic E-state index is 5.05. The van der Waals surface area contributed by atoms with Gasteiger partial charge in [-0.3, -0.25) is 0 Å². The molecule has 9 heavy (non-hydrogen) atoms. The molecule has 0 unspecified atom stereocenters. The van der Waals surface area contributed by atoms with E-state index in [1.807, 2.05) is 0 Å². The summed E-state index contributed by atoms with van der Waals surface area (Å²) in [6.07, 6.45) is 5.90. The Hall–Kier alpha value is -1.01. The Morgan fingerprint density at radius 1 is 1.67 bits per heavy atom. The lowest BCUT2D eigenvalue weighted by Gasteiger charge is -1.75.